The van der Waals surface area contributed by atoms with Crippen molar-refractivity contribution in [2.75, 3.05) is 5.73 Å². The molecule has 0 unspecified atom stereocenters. The van der Waals surface area contributed by atoms with Crippen molar-refractivity contribution in [1.29, 1.82) is 0 Å². The molecule has 100 valence electrons. The maximum Gasteiger partial charge on any atom is 0.251 e. The van der Waals surface area contributed by atoms with Crippen LogP contribution in [0, 0.1) is 0 Å². The van der Waals surface area contributed by atoms with E-state index in [2.05, 4.69) is 5.32 Å². The van der Waals surface area contributed by atoms with Crippen LogP contribution in [0.5, 0.6) is 0 Å². The van der Waals surface area contributed by atoms with Gasteiger partial charge in [0, 0.05) is 11.1 Å². The summed E-state index contributed by atoms with van der Waals surface area (Å²) in [5, 5.41) is 3.57. The zero-order valence-corrected chi connectivity index (χ0v) is 12.3. The minimum absolute atomic E-state index is 0.190. The van der Waals surface area contributed by atoms with Gasteiger partial charge in [-0.3, -0.25) is 4.79 Å². The highest BCUT2D eigenvalue weighted by Crippen LogP contribution is 2.29. The van der Waals surface area contributed by atoms with E-state index in [1.807, 2.05) is 20.8 Å². The van der Waals surface area contributed by atoms with Crippen molar-refractivity contribution >= 4 is 34.8 Å². The number of nitrogens with two attached hydrogens (primary N) is 1. The Hall–Kier alpha value is -0.930. The molecule has 0 aromatic heterocycles. The topological polar surface area (TPSA) is 55.1 Å². The molecule has 0 saturated heterocycles. The first-order chi connectivity index (χ1) is 8.33. The Balaban J connectivity index is 2.98. The van der Waals surface area contributed by atoms with Crippen molar-refractivity contribution in [3.8, 4) is 0 Å². The smallest absolute Gasteiger partial charge is 0.251 e. The van der Waals surface area contributed by atoms with Crippen molar-refractivity contribution in [3.05, 3.63) is 27.7 Å². The van der Waals surface area contributed by atoms with Crippen molar-refractivity contribution < 1.29 is 4.79 Å². The number of hydrogen-bond acceptors (Lipinski definition) is 2. The SMILES string of the molecule is CCC(C)(CC)NC(=O)c1cc(Cl)c(N)c(Cl)c1. The monoisotopic (exact) mass is 288 g/mol. The van der Waals surface area contributed by atoms with E-state index in [0.29, 0.717) is 21.3 Å². The number of amides is 1. The van der Waals surface area contributed by atoms with Crippen LogP contribution in [-0.4, -0.2) is 11.4 Å². The molecule has 18 heavy (non-hydrogen) atoms. The summed E-state index contributed by atoms with van der Waals surface area (Å²) >= 11 is 11.8. The third-order valence-electron chi connectivity index (χ3n) is 3.32. The molecule has 0 fully saturated rings. The maximum absolute atomic E-state index is 12.1. The van der Waals surface area contributed by atoms with Gasteiger partial charge >= 0.3 is 0 Å². The summed E-state index contributed by atoms with van der Waals surface area (Å²) in [6.45, 7) is 6.07. The van der Waals surface area contributed by atoms with Crippen LogP contribution in [0.1, 0.15) is 44.0 Å². The molecule has 0 aliphatic rings. The molecule has 0 saturated carbocycles. The molecule has 0 heterocycles. The number of nitrogens with one attached hydrogen (secondary N) is 1. The van der Waals surface area contributed by atoms with Gasteiger partial charge in [0.25, 0.3) is 5.91 Å². The van der Waals surface area contributed by atoms with E-state index in [0.717, 1.165) is 12.8 Å². The average molecular weight is 289 g/mol. The van der Waals surface area contributed by atoms with Crippen molar-refractivity contribution in [1.82, 2.24) is 5.32 Å². The Morgan fingerprint density at radius 1 is 1.28 bits per heavy atom. The first-order valence-electron chi connectivity index (χ1n) is 5.90. The maximum atomic E-state index is 12.1. The van der Waals surface area contributed by atoms with Crippen LogP contribution < -0.4 is 11.1 Å². The predicted octanol–water partition coefficient (Wildman–Crippen LogP) is 3.88. The second-order valence-electron chi connectivity index (χ2n) is 4.58. The number of rotatable bonds is 4. The Bertz CT molecular complexity index is 433. The standard InChI is InChI=1S/C13H18Cl2N2O/c1-4-13(3,5-2)17-12(18)8-6-9(14)11(16)10(15)7-8/h6-7H,4-5,16H2,1-3H3,(H,17,18). The van der Waals surface area contributed by atoms with E-state index < -0.39 is 0 Å². The molecule has 0 aliphatic carbocycles. The lowest BCUT2D eigenvalue weighted by Crippen LogP contribution is -2.44. The van der Waals surface area contributed by atoms with E-state index in [1.54, 1.807) is 0 Å². The first kappa shape index (κ1) is 15.1. The molecule has 0 spiro atoms. The van der Waals surface area contributed by atoms with Crippen LogP contribution in [0.4, 0.5) is 5.69 Å². The average Bonchev–Trinajstić information content (AvgIpc) is 2.35. The fourth-order valence-electron chi connectivity index (χ4n) is 1.49. The number of anilines is 1. The number of carbonyl (C=O) groups is 1. The molecule has 3 N–H and O–H groups in total. The quantitative estimate of drug-likeness (QED) is 0.826. The van der Waals surface area contributed by atoms with Crippen LogP contribution in [-0.2, 0) is 0 Å². The zero-order chi connectivity index (χ0) is 13.9. The second-order valence-corrected chi connectivity index (χ2v) is 5.39. The Kier molecular flexibility index (Phi) is 4.88. The lowest BCUT2D eigenvalue weighted by Gasteiger charge is -2.28. The van der Waals surface area contributed by atoms with Crippen LogP contribution >= 0.6 is 23.2 Å². The molecular weight excluding hydrogens is 271 g/mol. The third-order valence-corrected chi connectivity index (χ3v) is 3.94. The van der Waals surface area contributed by atoms with E-state index in [1.165, 1.54) is 12.1 Å². The molecule has 0 bridgehead atoms. The number of nitrogen functional groups attached to an aromatic ring is 1. The van der Waals surface area contributed by atoms with Gasteiger partial charge in [-0.05, 0) is 31.9 Å². The summed E-state index contributed by atoms with van der Waals surface area (Å²) in [6.07, 6.45) is 1.71. The van der Waals surface area contributed by atoms with Gasteiger partial charge in [-0.25, -0.2) is 0 Å². The molecule has 0 radical (unpaired) electrons. The van der Waals surface area contributed by atoms with Gasteiger partial charge in [0.1, 0.15) is 0 Å². The van der Waals surface area contributed by atoms with Crippen molar-refractivity contribution in [3.63, 3.8) is 0 Å². The molecule has 1 rings (SSSR count). The van der Waals surface area contributed by atoms with E-state index >= 15 is 0 Å². The van der Waals surface area contributed by atoms with Crippen molar-refractivity contribution in [2.24, 2.45) is 0 Å². The normalized spacial score (nSPS) is 11.4. The van der Waals surface area contributed by atoms with E-state index in [4.69, 9.17) is 28.9 Å². The minimum atomic E-state index is -0.225. The van der Waals surface area contributed by atoms with Crippen molar-refractivity contribution in [2.45, 2.75) is 39.2 Å². The highest BCUT2D eigenvalue weighted by molar-refractivity contribution is 6.39. The number of hydrogen-bond donors (Lipinski definition) is 2. The fourth-order valence-corrected chi connectivity index (χ4v) is 1.98. The minimum Gasteiger partial charge on any atom is -0.396 e. The predicted molar refractivity (Wildman–Crippen MR) is 77.3 cm³/mol. The number of benzene rings is 1. The third kappa shape index (κ3) is 3.30. The Morgan fingerprint density at radius 2 is 1.72 bits per heavy atom. The van der Waals surface area contributed by atoms with E-state index in [-0.39, 0.29) is 11.4 Å². The summed E-state index contributed by atoms with van der Waals surface area (Å²) in [4.78, 5) is 12.1. The molecule has 1 aromatic carbocycles. The lowest BCUT2D eigenvalue weighted by molar-refractivity contribution is 0.0901. The summed E-state index contributed by atoms with van der Waals surface area (Å²) in [6, 6.07) is 3.06. The Labute approximate surface area is 118 Å². The van der Waals surface area contributed by atoms with Gasteiger partial charge in [-0.15, -0.1) is 0 Å². The van der Waals surface area contributed by atoms with Gasteiger partial charge in [0.2, 0.25) is 0 Å². The van der Waals surface area contributed by atoms with Gasteiger partial charge in [0.05, 0.1) is 15.7 Å². The summed E-state index contributed by atoms with van der Waals surface area (Å²) in [5.41, 5.74) is 6.13. The Morgan fingerprint density at radius 3 is 2.11 bits per heavy atom. The van der Waals surface area contributed by atoms with Crippen LogP contribution in [0.3, 0.4) is 0 Å². The molecule has 1 aromatic rings. The van der Waals surface area contributed by atoms with Crippen LogP contribution in [0.15, 0.2) is 12.1 Å². The molecule has 0 aliphatic heterocycles. The second kappa shape index (κ2) is 5.81. The largest absolute Gasteiger partial charge is 0.396 e. The number of halogens is 2. The summed E-state index contributed by atoms with van der Waals surface area (Å²) in [7, 11) is 0. The lowest BCUT2D eigenvalue weighted by atomic mass is 9.95. The highest BCUT2D eigenvalue weighted by atomic mass is 35.5. The highest BCUT2D eigenvalue weighted by Gasteiger charge is 2.23. The fraction of sp³-hybridized carbons (Fsp3) is 0.462. The zero-order valence-electron chi connectivity index (χ0n) is 10.8. The molecule has 0 atom stereocenters. The summed E-state index contributed by atoms with van der Waals surface area (Å²) in [5.74, 6) is -0.190. The molecule has 5 heteroatoms. The summed E-state index contributed by atoms with van der Waals surface area (Å²) < 4.78 is 0. The van der Waals surface area contributed by atoms with Gasteiger partial charge in [-0.1, -0.05) is 37.0 Å². The number of carbonyl (C=O) groups excluding carboxylic acids is 1. The molecule has 3 nitrogen and oxygen atoms in total. The van der Waals surface area contributed by atoms with Gasteiger partial charge < -0.3 is 11.1 Å². The van der Waals surface area contributed by atoms with E-state index in [9.17, 15) is 4.79 Å². The van der Waals surface area contributed by atoms with Gasteiger partial charge in [0.15, 0.2) is 0 Å². The first-order valence-corrected chi connectivity index (χ1v) is 6.65. The molecular formula is C13H18Cl2N2O. The van der Waals surface area contributed by atoms with Gasteiger partial charge in [-0.2, -0.15) is 0 Å². The van der Waals surface area contributed by atoms with Crippen LogP contribution in [0.25, 0.3) is 0 Å². The van der Waals surface area contributed by atoms with Crippen LogP contribution in [0.2, 0.25) is 10.0 Å². The molecule has 1 amide bonds.